The van der Waals surface area contributed by atoms with Crippen LogP contribution in [0.3, 0.4) is 0 Å². The molecule has 0 spiro atoms. The van der Waals surface area contributed by atoms with Gasteiger partial charge in [0.1, 0.15) is 6.54 Å². The van der Waals surface area contributed by atoms with Crippen LogP contribution in [0.15, 0.2) is 30.8 Å². The predicted octanol–water partition coefficient (Wildman–Crippen LogP) is 6.83. The van der Waals surface area contributed by atoms with Crippen LogP contribution in [0, 0.1) is 0 Å². The Kier molecular flexibility index (Phi) is 10.7. The maximum Gasteiger partial charge on any atom is 0.104 e. The van der Waals surface area contributed by atoms with E-state index in [2.05, 4.69) is 51.6 Å². The second kappa shape index (κ2) is 12.3. The highest BCUT2D eigenvalue weighted by atomic mass is 15.3. The van der Waals surface area contributed by atoms with E-state index in [0.717, 1.165) is 0 Å². The van der Waals surface area contributed by atoms with E-state index in [-0.39, 0.29) is 0 Å². The molecule has 0 aliphatic carbocycles. The molecule has 24 heavy (non-hydrogen) atoms. The minimum Gasteiger partial charge on any atom is -0.320 e. The van der Waals surface area contributed by atoms with Gasteiger partial charge in [0.15, 0.2) is 0 Å². The van der Waals surface area contributed by atoms with Crippen molar-refractivity contribution in [2.45, 2.75) is 78.7 Å². The van der Waals surface area contributed by atoms with E-state index in [0.29, 0.717) is 0 Å². The van der Waals surface area contributed by atoms with Gasteiger partial charge in [0.25, 0.3) is 0 Å². The maximum atomic E-state index is 3.84. The Morgan fingerprint density at radius 3 is 1.83 bits per heavy atom. The van der Waals surface area contributed by atoms with Gasteiger partial charge < -0.3 is 4.48 Å². The Hall–Kier alpha value is -1.08. The first-order valence-electron chi connectivity index (χ1n) is 10.3. The third-order valence-electron chi connectivity index (χ3n) is 5.56. The summed E-state index contributed by atoms with van der Waals surface area (Å²) in [5, 5.41) is 0. The lowest BCUT2D eigenvalue weighted by molar-refractivity contribution is -0.938. The van der Waals surface area contributed by atoms with Gasteiger partial charge in [-0.1, -0.05) is 82.4 Å². The Labute approximate surface area is 151 Å². The molecule has 0 unspecified atom stereocenters. The summed E-state index contributed by atoms with van der Waals surface area (Å²) >= 11 is 0. The third-order valence-corrected chi connectivity index (χ3v) is 5.56. The summed E-state index contributed by atoms with van der Waals surface area (Å²) in [6, 6.07) is 8.95. The first kappa shape index (κ1) is 21.0. The number of hydrogen-bond donors (Lipinski definition) is 0. The first-order valence-corrected chi connectivity index (χ1v) is 10.3. The quantitative estimate of drug-likeness (QED) is 0.259. The van der Waals surface area contributed by atoms with Gasteiger partial charge in [0, 0.05) is 5.56 Å². The lowest BCUT2D eigenvalue weighted by atomic mass is 10.1. The Balaban J connectivity index is 2.39. The van der Waals surface area contributed by atoms with E-state index in [1.54, 1.807) is 0 Å². The third kappa shape index (κ3) is 7.66. The predicted molar refractivity (Wildman–Crippen MR) is 109 cm³/mol. The molecule has 1 rings (SSSR count). The average molecular weight is 331 g/mol. The lowest BCUT2D eigenvalue weighted by Gasteiger charge is -2.37. The molecule has 0 aliphatic rings. The zero-order chi connectivity index (χ0) is 17.7. The van der Waals surface area contributed by atoms with Crippen LogP contribution in [0.1, 0.15) is 83.3 Å². The molecule has 0 radical (unpaired) electrons. The van der Waals surface area contributed by atoms with Crippen molar-refractivity contribution in [3.05, 3.63) is 42.0 Å². The number of quaternary nitrogens is 1. The van der Waals surface area contributed by atoms with E-state index in [1.807, 2.05) is 6.08 Å². The van der Waals surface area contributed by atoms with Gasteiger partial charge >= 0.3 is 0 Å². The number of nitrogens with zero attached hydrogens (tertiary/aromatic N) is 1. The fourth-order valence-electron chi connectivity index (χ4n) is 3.57. The molecule has 0 bridgehead atoms. The minimum absolute atomic E-state index is 1.17. The van der Waals surface area contributed by atoms with E-state index in [4.69, 9.17) is 0 Å². The first-order chi connectivity index (χ1) is 11.7. The van der Waals surface area contributed by atoms with Gasteiger partial charge in [-0.25, -0.2) is 0 Å². The average Bonchev–Trinajstić information content (AvgIpc) is 2.63. The molecule has 0 aliphatic heterocycles. The zero-order valence-electron chi connectivity index (χ0n) is 16.5. The Morgan fingerprint density at radius 2 is 1.33 bits per heavy atom. The van der Waals surface area contributed by atoms with Crippen molar-refractivity contribution >= 4 is 6.08 Å². The van der Waals surface area contributed by atoms with Crippen LogP contribution in [0.4, 0.5) is 0 Å². The van der Waals surface area contributed by atoms with Gasteiger partial charge in [0.05, 0.1) is 19.6 Å². The highest BCUT2D eigenvalue weighted by molar-refractivity contribution is 5.47. The van der Waals surface area contributed by atoms with Crippen molar-refractivity contribution in [1.29, 1.82) is 0 Å². The molecule has 1 nitrogen and oxygen atoms in total. The van der Waals surface area contributed by atoms with E-state index in [9.17, 15) is 0 Å². The van der Waals surface area contributed by atoms with Crippen molar-refractivity contribution in [1.82, 2.24) is 0 Å². The number of rotatable bonds is 14. The smallest absolute Gasteiger partial charge is 0.104 e. The van der Waals surface area contributed by atoms with Crippen LogP contribution in [0.5, 0.6) is 0 Å². The lowest BCUT2D eigenvalue weighted by Crippen LogP contribution is -2.47. The second-order valence-corrected chi connectivity index (χ2v) is 7.28. The molecule has 0 atom stereocenters. The summed E-state index contributed by atoms with van der Waals surface area (Å²) in [5.74, 6) is 0. The van der Waals surface area contributed by atoms with Gasteiger partial charge in [-0.3, -0.25) is 0 Å². The highest BCUT2D eigenvalue weighted by Gasteiger charge is 2.23. The molecule has 0 heterocycles. The summed E-state index contributed by atoms with van der Waals surface area (Å²) in [5.41, 5.74) is 2.68. The molecule has 0 amide bonds. The van der Waals surface area contributed by atoms with Gasteiger partial charge in [-0.05, 0) is 32.3 Å². The molecule has 0 fully saturated rings. The molecule has 0 N–H and O–H groups in total. The van der Waals surface area contributed by atoms with Crippen molar-refractivity contribution in [2.24, 2.45) is 0 Å². The molecule has 1 heteroatoms. The molecule has 1 aromatic carbocycles. The van der Waals surface area contributed by atoms with Crippen LogP contribution in [-0.2, 0) is 6.54 Å². The standard InChI is InChI=1S/C23H40N/c1-5-9-10-11-12-13-14-15-20-24(7-3,8-4)21-23-18-16-22(6-2)17-19-23/h6,16-19H,2,5,7-15,20-21H2,1,3-4H3/q+1. The molecule has 0 aromatic heterocycles. The Morgan fingerprint density at radius 1 is 0.792 bits per heavy atom. The topological polar surface area (TPSA) is 0 Å². The van der Waals surface area contributed by atoms with Crippen LogP contribution in [0.2, 0.25) is 0 Å². The molecule has 0 saturated carbocycles. The minimum atomic E-state index is 1.17. The summed E-state index contributed by atoms with van der Waals surface area (Å²) in [4.78, 5) is 0. The van der Waals surface area contributed by atoms with Crippen molar-refractivity contribution in [2.75, 3.05) is 19.6 Å². The van der Waals surface area contributed by atoms with E-state index in [1.165, 1.54) is 93.2 Å². The number of unbranched alkanes of at least 4 members (excludes halogenated alkanes) is 7. The highest BCUT2D eigenvalue weighted by Crippen LogP contribution is 2.18. The van der Waals surface area contributed by atoms with Crippen LogP contribution in [0.25, 0.3) is 6.08 Å². The maximum absolute atomic E-state index is 3.84. The zero-order valence-corrected chi connectivity index (χ0v) is 16.5. The monoisotopic (exact) mass is 330 g/mol. The molecular formula is C23H40N+. The molecule has 0 saturated heterocycles. The van der Waals surface area contributed by atoms with Gasteiger partial charge in [-0.2, -0.15) is 0 Å². The summed E-state index contributed by atoms with van der Waals surface area (Å²) in [6.45, 7) is 15.8. The Bertz CT molecular complexity index is 428. The van der Waals surface area contributed by atoms with Crippen LogP contribution >= 0.6 is 0 Å². The van der Waals surface area contributed by atoms with Crippen LogP contribution in [-0.4, -0.2) is 24.1 Å². The summed E-state index contributed by atoms with van der Waals surface area (Å²) in [6.07, 6.45) is 13.2. The molecule has 1 aromatic rings. The van der Waals surface area contributed by atoms with E-state index >= 15 is 0 Å². The summed E-state index contributed by atoms with van der Waals surface area (Å²) < 4.78 is 1.23. The summed E-state index contributed by atoms with van der Waals surface area (Å²) in [7, 11) is 0. The number of hydrogen-bond acceptors (Lipinski definition) is 0. The SMILES string of the molecule is C=Cc1ccc(C[N+](CC)(CC)CCCCCCCCCC)cc1. The number of benzene rings is 1. The largest absolute Gasteiger partial charge is 0.320 e. The second-order valence-electron chi connectivity index (χ2n) is 7.28. The normalized spacial score (nSPS) is 11.6. The van der Waals surface area contributed by atoms with Gasteiger partial charge in [0.2, 0.25) is 0 Å². The van der Waals surface area contributed by atoms with Crippen molar-refractivity contribution < 1.29 is 4.48 Å². The van der Waals surface area contributed by atoms with Crippen molar-refractivity contribution in [3.8, 4) is 0 Å². The van der Waals surface area contributed by atoms with Gasteiger partial charge in [-0.15, -0.1) is 0 Å². The fraction of sp³-hybridized carbons (Fsp3) is 0.652. The molecular weight excluding hydrogens is 290 g/mol. The van der Waals surface area contributed by atoms with Crippen LogP contribution < -0.4 is 0 Å². The van der Waals surface area contributed by atoms with E-state index < -0.39 is 0 Å². The van der Waals surface area contributed by atoms with Crippen molar-refractivity contribution in [3.63, 3.8) is 0 Å². The molecule has 136 valence electrons. The fourth-order valence-corrected chi connectivity index (χ4v) is 3.57.